The normalized spacial score (nSPS) is 22.4. The van der Waals surface area contributed by atoms with Crippen LogP contribution in [0.25, 0.3) is 4.96 Å². The van der Waals surface area contributed by atoms with Crippen LogP contribution in [0, 0.1) is 0 Å². The van der Waals surface area contributed by atoms with E-state index in [-0.39, 0.29) is 6.04 Å². The van der Waals surface area contributed by atoms with E-state index >= 15 is 0 Å². The molecular weight excluding hydrogens is 238 g/mol. The van der Waals surface area contributed by atoms with Gasteiger partial charge in [-0.25, -0.2) is 0 Å². The van der Waals surface area contributed by atoms with Crippen LogP contribution in [0.2, 0.25) is 0 Å². The van der Waals surface area contributed by atoms with Crippen LogP contribution in [-0.2, 0) is 4.74 Å². The Morgan fingerprint density at radius 2 is 2.47 bits per heavy atom. The highest BCUT2D eigenvalue weighted by Gasteiger charge is 2.25. The first kappa shape index (κ1) is 11.1. The molecule has 3 rings (SSSR count). The van der Waals surface area contributed by atoms with Crippen LogP contribution in [0.15, 0.2) is 0 Å². The molecule has 1 aliphatic heterocycles. The van der Waals surface area contributed by atoms with Gasteiger partial charge in [0.2, 0.25) is 4.96 Å². The lowest BCUT2D eigenvalue weighted by Crippen LogP contribution is -2.10. The van der Waals surface area contributed by atoms with Gasteiger partial charge in [-0.15, -0.1) is 10.2 Å². The van der Waals surface area contributed by atoms with Gasteiger partial charge < -0.3 is 10.5 Å². The Morgan fingerprint density at radius 3 is 3.18 bits per heavy atom. The van der Waals surface area contributed by atoms with E-state index in [1.54, 1.807) is 0 Å². The van der Waals surface area contributed by atoms with Gasteiger partial charge in [0.1, 0.15) is 5.01 Å². The monoisotopic (exact) mass is 253 g/mol. The summed E-state index contributed by atoms with van der Waals surface area (Å²) in [5, 5.41) is 13.8. The van der Waals surface area contributed by atoms with Crippen LogP contribution in [0.5, 0.6) is 0 Å². The molecule has 7 heteroatoms. The van der Waals surface area contributed by atoms with Crippen molar-refractivity contribution in [2.24, 2.45) is 5.73 Å². The van der Waals surface area contributed by atoms with E-state index in [1.165, 1.54) is 11.3 Å². The fourth-order valence-electron chi connectivity index (χ4n) is 1.96. The third kappa shape index (κ3) is 1.84. The molecule has 1 saturated heterocycles. The molecule has 0 radical (unpaired) electrons. The van der Waals surface area contributed by atoms with Crippen LogP contribution in [0.4, 0.5) is 0 Å². The van der Waals surface area contributed by atoms with Crippen LogP contribution in [-0.4, -0.2) is 33.0 Å². The molecule has 2 aromatic rings. The summed E-state index contributed by atoms with van der Waals surface area (Å²) in [7, 11) is 0. The molecule has 0 aromatic carbocycles. The predicted molar refractivity (Wildman–Crippen MR) is 64.1 cm³/mol. The van der Waals surface area contributed by atoms with Crippen molar-refractivity contribution in [1.29, 1.82) is 0 Å². The van der Waals surface area contributed by atoms with Gasteiger partial charge in [0, 0.05) is 12.5 Å². The first-order valence-corrected chi connectivity index (χ1v) is 6.66. The quantitative estimate of drug-likeness (QED) is 0.886. The molecule has 2 unspecified atom stereocenters. The number of nitrogens with two attached hydrogens (primary N) is 1. The summed E-state index contributed by atoms with van der Waals surface area (Å²) in [6.07, 6.45) is 1.87. The van der Waals surface area contributed by atoms with E-state index in [4.69, 9.17) is 10.5 Å². The second-order valence-corrected chi connectivity index (χ2v) is 5.26. The van der Waals surface area contributed by atoms with Crippen molar-refractivity contribution >= 4 is 16.3 Å². The summed E-state index contributed by atoms with van der Waals surface area (Å²) in [6, 6.07) is -0.00521. The van der Waals surface area contributed by atoms with Crippen LogP contribution < -0.4 is 5.73 Å². The van der Waals surface area contributed by atoms with E-state index in [9.17, 15) is 0 Å². The minimum Gasteiger partial charge on any atom is -0.381 e. The van der Waals surface area contributed by atoms with Crippen molar-refractivity contribution in [2.45, 2.75) is 31.7 Å². The second-order valence-electron chi connectivity index (χ2n) is 4.27. The molecule has 2 aromatic heterocycles. The lowest BCUT2D eigenvalue weighted by Gasteiger charge is -2.03. The van der Waals surface area contributed by atoms with Gasteiger partial charge >= 0.3 is 0 Å². The largest absolute Gasteiger partial charge is 0.381 e. The van der Waals surface area contributed by atoms with E-state index in [0.717, 1.165) is 35.2 Å². The van der Waals surface area contributed by atoms with E-state index < -0.39 is 0 Å². The van der Waals surface area contributed by atoms with Crippen molar-refractivity contribution in [2.75, 3.05) is 13.2 Å². The summed E-state index contributed by atoms with van der Waals surface area (Å²) < 4.78 is 7.20. The zero-order chi connectivity index (χ0) is 11.8. The Labute approximate surface area is 103 Å². The lowest BCUT2D eigenvalue weighted by molar-refractivity contribution is 0.193. The molecule has 0 saturated carbocycles. The first-order valence-electron chi connectivity index (χ1n) is 5.85. The highest BCUT2D eigenvalue weighted by Crippen LogP contribution is 2.27. The number of fused-ring (bicyclic) bond motifs is 1. The molecule has 2 N–H and O–H groups in total. The molecule has 3 heterocycles. The van der Waals surface area contributed by atoms with Gasteiger partial charge in [-0.1, -0.05) is 18.3 Å². The summed E-state index contributed by atoms with van der Waals surface area (Å²) in [5.41, 5.74) is 5.98. The molecule has 6 nitrogen and oxygen atoms in total. The minimum atomic E-state index is -0.00521. The first-order chi connectivity index (χ1) is 8.29. The SMILES string of the molecule is CCC(N)c1nn2c(C3CCOC3)nnc2s1. The Morgan fingerprint density at radius 1 is 1.59 bits per heavy atom. The van der Waals surface area contributed by atoms with Crippen molar-refractivity contribution in [3.05, 3.63) is 10.8 Å². The second kappa shape index (κ2) is 4.32. The van der Waals surface area contributed by atoms with Crippen LogP contribution in [0.1, 0.15) is 42.6 Å². The Balaban J connectivity index is 1.99. The summed E-state index contributed by atoms with van der Waals surface area (Å²) in [4.78, 5) is 0.825. The number of aromatic nitrogens is 4. The summed E-state index contributed by atoms with van der Waals surface area (Å²) in [6.45, 7) is 3.57. The van der Waals surface area contributed by atoms with Gasteiger partial charge in [0.05, 0.1) is 12.6 Å². The fraction of sp³-hybridized carbons (Fsp3) is 0.700. The molecule has 0 amide bonds. The molecule has 2 atom stereocenters. The molecule has 92 valence electrons. The molecular formula is C10H15N5OS. The zero-order valence-corrected chi connectivity index (χ0v) is 10.5. The minimum absolute atomic E-state index is 0.00521. The molecule has 0 aliphatic carbocycles. The van der Waals surface area contributed by atoms with Crippen molar-refractivity contribution in [3.8, 4) is 0 Å². The Kier molecular flexibility index (Phi) is 2.81. The topological polar surface area (TPSA) is 78.3 Å². The molecule has 1 aliphatic rings. The van der Waals surface area contributed by atoms with Gasteiger partial charge in [-0.05, 0) is 12.8 Å². The smallest absolute Gasteiger partial charge is 0.234 e. The summed E-state index contributed by atoms with van der Waals surface area (Å²) >= 11 is 1.52. The standard InChI is InChI=1S/C10H15N5OS/c1-2-7(11)9-14-15-8(6-3-4-16-5-6)12-13-10(15)17-9/h6-7H,2-5,11H2,1H3. The van der Waals surface area contributed by atoms with E-state index in [1.807, 2.05) is 4.52 Å². The van der Waals surface area contributed by atoms with Gasteiger partial charge in [-0.2, -0.15) is 9.61 Å². The number of ether oxygens (including phenoxy) is 1. The van der Waals surface area contributed by atoms with Crippen LogP contribution >= 0.6 is 11.3 Å². The maximum absolute atomic E-state index is 5.98. The predicted octanol–water partition coefficient (Wildman–Crippen LogP) is 1.10. The average molecular weight is 253 g/mol. The highest BCUT2D eigenvalue weighted by atomic mass is 32.1. The van der Waals surface area contributed by atoms with E-state index in [0.29, 0.717) is 12.5 Å². The van der Waals surface area contributed by atoms with Gasteiger partial charge in [0.15, 0.2) is 5.82 Å². The lowest BCUT2D eigenvalue weighted by atomic mass is 10.1. The molecule has 0 spiro atoms. The van der Waals surface area contributed by atoms with E-state index in [2.05, 4.69) is 22.2 Å². The average Bonchev–Trinajstić information content (AvgIpc) is 3.02. The Hall–Kier alpha value is -1.05. The fourth-order valence-corrected chi connectivity index (χ4v) is 2.89. The van der Waals surface area contributed by atoms with Crippen molar-refractivity contribution in [3.63, 3.8) is 0 Å². The van der Waals surface area contributed by atoms with Gasteiger partial charge in [-0.3, -0.25) is 0 Å². The summed E-state index contributed by atoms with van der Waals surface area (Å²) in [5.74, 6) is 1.22. The van der Waals surface area contributed by atoms with Crippen LogP contribution in [0.3, 0.4) is 0 Å². The van der Waals surface area contributed by atoms with Gasteiger partial charge in [0.25, 0.3) is 0 Å². The number of hydrogen-bond donors (Lipinski definition) is 1. The molecule has 17 heavy (non-hydrogen) atoms. The third-order valence-corrected chi connectivity index (χ3v) is 4.11. The molecule has 1 fully saturated rings. The number of hydrogen-bond acceptors (Lipinski definition) is 6. The number of rotatable bonds is 3. The van der Waals surface area contributed by atoms with Crippen molar-refractivity contribution < 1.29 is 4.74 Å². The zero-order valence-electron chi connectivity index (χ0n) is 9.67. The van der Waals surface area contributed by atoms with Crippen molar-refractivity contribution in [1.82, 2.24) is 19.8 Å². The molecule has 0 bridgehead atoms. The maximum atomic E-state index is 5.98. The highest BCUT2D eigenvalue weighted by molar-refractivity contribution is 7.16. The Bertz CT molecular complexity index is 516. The number of nitrogens with zero attached hydrogens (tertiary/aromatic N) is 4. The maximum Gasteiger partial charge on any atom is 0.234 e. The third-order valence-electron chi connectivity index (χ3n) is 3.08.